The summed E-state index contributed by atoms with van der Waals surface area (Å²) in [6, 6.07) is 5.90. The van der Waals surface area contributed by atoms with E-state index in [4.69, 9.17) is 4.74 Å². The average Bonchev–Trinajstić information content (AvgIpc) is 2.45. The Bertz CT molecular complexity index is 487. The molecule has 1 aromatic rings. The van der Waals surface area contributed by atoms with Crippen LogP contribution in [0.2, 0.25) is 0 Å². The van der Waals surface area contributed by atoms with Crippen LogP contribution in [-0.2, 0) is 4.79 Å². The van der Waals surface area contributed by atoms with Gasteiger partial charge < -0.3 is 15.2 Å². The molecule has 1 fully saturated rings. The van der Waals surface area contributed by atoms with Crippen LogP contribution >= 0.6 is 0 Å². The van der Waals surface area contributed by atoms with Gasteiger partial charge in [-0.25, -0.2) is 0 Å². The van der Waals surface area contributed by atoms with Crippen molar-refractivity contribution < 1.29 is 14.6 Å². The number of carbonyl (C=O) groups is 1. The largest absolute Gasteiger partial charge is 0.484 e. The molecule has 1 saturated carbocycles. The van der Waals surface area contributed by atoms with E-state index in [1.54, 1.807) is 0 Å². The summed E-state index contributed by atoms with van der Waals surface area (Å²) < 4.78 is 5.55. The Morgan fingerprint density at radius 3 is 2.81 bits per heavy atom. The topological polar surface area (TPSA) is 58.6 Å². The Labute approximate surface area is 126 Å². The maximum absolute atomic E-state index is 11.8. The lowest BCUT2D eigenvalue weighted by Crippen LogP contribution is -2.38. The van der Waals surface area contributed by atoms with Crippen molar-refractivity contribution in [2.75, 3.05) is 13.2 Å². The van der Waals surface area contributed by atoms with Crippen LogP contribution in [0.3, 0.4) is 0 Å². The molecule has 21 heavy (non-hydrogen) atoms. The van der Waals surface area contributed by atoms with Crippen LogP contribution in [0.1, 0.15) is 36.8 Å². The highest BCUT2D eigenvalue weighted by Gasteiger charge is 2.23. The molecular formula is C17H25NO3. The molecule has 1 aliphatic rings. The second-order valence-electron chi connectivity index (χ2n) is 5.97. The summed E-state index contributed by atoms with van der Waals surface area (Å²) in [7, 11) is 0. The molecule has 0 aromatic heterocycles. The Morgan fingerprint density at radius 1 is 1.33 bits per heavy atom. The molecule has 2 N–H and O–H groups in total. The van der Waals surface area contributed by atoms with Gasteiger partial charge in [-0.05, 0) is 38.3 Å². The number of hydrogen-bond donors (Lipinski definition) is 2. The van der Waals surface area contributed by atoms with Gasteiger partial charge in [0.25, 0.3) is 5.91 Å². The van der Waals surface area contributed by atoms with Gasteiger partial charge >= 0.3 is 0 Å². The third-order valence-corrected chi connectivity index (χ3v) is 4.12. The van der Waals surface area contributed by atoms with E-state index in [2.05, 4.69) is 5.32 Å². The van der Waals surface area contributed by atoms with Crippen LogP contribution in [0.25, 0.3) is 0 Å². The van der Waals surface area contributed by atoms with Gasteiger partial charge in [0.15, 0.2) is 6.61 Å². The monoisotopic (exact) mass is 291 g/mol. The summed E-state index contributed by atoms with van der Waals surface area (Å²) in [5, 5.41) is 12.7. The van der Waals surface area contributed by atoms with Gasteiger partial charge in [-0.1, -0.05) is 30.5 Å². The maximum atomic E-state index is 11.8. The van der Waals surface area contributed by atoms with E-state index < -0.39 is 0 Å². The lowest BCUT2D eigenvalue weighted by Gasteiger charge is -2.27. The maximum Gasteiger partial charge on any atom is 0.257 e. The standard InChI is InChI=1S/C17H25NO3/c1-12-7-8-16(13(2)9-12)21-11-17(20)18-10-14-5-3-4-6-15(14)19/h7-9,14-15,19H,3-6,10-11H2,1-2H3,(H,18,20). The minimum atomic E-state index is -0.278. The highest BCUT2D eigenvalue weighted by atomic mass is 16.5. The van der Waals surface area contributed by atoms with Gasteiger partial charge in [-0.3, -0.25) is 4.79 Å². The predicted octanol–water partition coefficient (Wildman–Crippen LogP) is 2.35. The molecule has 0 spiro atoms. The molecule has 0 bridgehead atoms. The normalized spacial score (nSPS) is 21.9. The Kier molecular flexibility index (Phi) is 5.62. The zero-order valence-electron chi connectivity index (χ0n) is 12.9. The first-order chi connectivity index (χ1) is 10.1. The summed E-state index contributed by atoms with van der Waals surface area (Å²) >= 11 is 0. The van der Waals surface area contributed by atoms with Crippen LogP contribution in [0.15, 0.2) is 18.2 Å². The van der Waals surface area contributed by atoms with Crippen molar-refractivity contribution >= 4 is 5.91 Å². The number of ether oxygens (including phenoxy) is 1. The van der Waals surface area contributed by atoms with Crippen molar-refractivity contribution in [2.45, 2.75) is 45.6 Å². The molecule has 4 heteroatoms. The molecule has 2 rings (SSSR count). The minimum Gasteiger partial charge on any atom is -0.484 e. The van der Waals surface area contributed by atoms with Gasteiger partial charge in [0.05, 0.1) is 6.10 Å². The summed E-state index contributed by atoms with van der Waals surface area (Å²) in [5.74, 6) is 0.796. The second-order valence-corrected chi connectivity index (χ2v) is 5.97. The molecule has 0 saturated heterocycles. The zero-order valence-corrected chi connectivity index (χ0v) is 12.9. The summed E-state index contributed by atoms with van der Waals surface area (Å²) in [6.07, 6.45) is 3.77. The van der Waals surface area contributed by atoms with Gasteiger partial charge in [-0.15, -0.1) is 0 Å². The van der Waals surface area contributed by atoms with E-state index in [-0.39, 0.29) is 24.5 Å². The van der Waals surface area contributed by atoms with Gasteiger partial charge in [0, 0.05) is 12.5 Å². The van der Waals surface area contributed by atoms with E-state index in [9.17, 15) is 9.90 Å². The smallest absolute Gasteiger partial charge is 0.257 e. The third-order valence-electron chi connectivity index (χ3n) is 4.12. The number of hydrogen-bond acceptors (Lipinski definition) is 3. The quantitative estimate of drug-likeness (QED) is 0.875. The Hall–Kier alpha value is -1.55. The summed E-state index contributed by atoms with van der Waals surface area (Å²) in [4.78, 5) is 11.8. The van der Waals surface area contributed by atoms with Gasteiger partial charge in [0.2, 0.25) is 0 Å². The number of carbonyl (C=O) groups excluding carboxylic acids is 1. The number of nitrogens with one attached hydrogen (secondary N) is 1. The molecule has 2 unspecified atom stereocenters. The van der Waals surface area contributed by atoms with Crippen molar-refractivity contribution in [3.05, 3.63) is 29.3 Å². The van der Waals surface area contributed by atoms with Crippen LogP contribution in [-0.4, -0.2) is 30.3 Å². The average molecular weight is 291 g/mol. The summed E-state index contributed by atoms with van der Waals surface area (Å²) in [5.41, 5.74) is 2.21. The molecule has 0 heterocycles. The molecule has 0 aliphatic heterocycles. The molecular weight excluding hydrogens is 266 g/mol. The second kappa shape index (κ2) is 7.46. The van der Waals surface area contributed by atoms with Gasteiger partial charge in [-0.2, -0.15) is 0 Å². The zero-order chi connectivity index (χ0) is 15.2. The first-order valence-electron chi connectivity index (χ1n) is 7.71. The van der Waals surface area contributed by atoms with Crippen molar-refractivity contribution in [3.63, 3.8) is 0 Å². The number of benzene rings is 1. The lowest BCUT2D eigenvalue weighted by molar-refractivity contribution is -0.123. The van der Waals surface area contributed by atoms with E-state index in [0.29, 0.717) is 6.54 Å². The highest BCUT2D eigenvalue weighted by molar-refractivity contribution is 5.77. The molecule has 1 aromatic carbocycles. The Morgan fingerprint density at radius 2 is 2.10 bits per heavy atom. The molecule has 0 radical (unpaired) electrons. The third kappa shape index (κ3) is 4.74. The van der Waals surface area contributed by atoms with Crippen molar-refractivity contribution in [2.24, 2.45) is 5.92 Å². The molecule has 2 atom stereocenters. The van der Waals surface area contributed by atoms with Crippen LogP contribution < -0.4 is 10.1 Å². The van der Waals surface area contributed by atoms with Crippen molar-refractivity contribution in [1.82, 2.24) is 5.32 Å². The first-order valence-corrected chi connectivity index (χ1v) is 7.71. The number of aliphatic hydroxyl groups is 1. The lowest BCUT2D eigenvalue weighted by atomic mass is 9.86. The molecule has 1 amide bonds. The van der Waals surface area contributed by atoms with Crippen LogP contribution in [0.4, 0.5) is 0 Å². The van der Waals surface area contributed by atoms with E-state index in [1.807, 2.05) is 32.0 Å². The fourth-order valence-electron chi connectivity index (χ4n) is 2.83. The van der Waals surface area contributed by atoms with Crippen molar-refractivity contribution in [1.29, 1.82) is 0 Å². The van der Waals surface area contributed by atoms with E-state index in [1.165, 1.54) is 5.56 Å². The van der Waals surface area contributed by atoms with E-state index >= 15 is 0 Å². The fraction of sp³-hybridized carbons (Fsp3) is 0.588. The van der Waals surface area contributed by atoms with Crippen molar-refractivity contribution in [3.8, 4) is 5.75 Å². The highest BCUT2D eigenvalue weighted by Crippen LogP contribution is 2.23. The molecule has 116 valence electrons. The number of aliphatic hydroxyl groups excluding tert-OH is 1. The van der Waals surface area contributed by atoms with E-state index in [0.717, 1.165) is 37.0 Å². The molecule has 4 nitrogen and oxygen atoms in total. The number of amides is 1. The minimum absolute atomic E-state index is 0.0206. The Balaban J connectivity index is 1.74. The van der Waals surface area contributed by atoms with Gasteiger partial charge in [0.1, 0.15) is 5.75 Å². The number of rotatable bonds is 5. The van der Waals surface area contributed by atoms with Crippen LogP contribution in [0, 0.1) is 19.8 Å². The SMILES string of the molecule is Cc1ccc(OCC(=O)NCC2CCCCC2O)c(C)c1. The predicted molar refractivity (Wildman–Crippen MR) is 82.4 cm³/mol. The first kappa shape index (κ1) is 15.8. The summed E-state index contributed by atoms with van der Waals surface area (Å²) in [6.45, 7) is 4.56. The number of aryl methyl sites for hydroxylation is 2. The van der Waals surface area contributed by atoms with Crippen LogP contribution in [0.5, 0.6) is 5.75 Å². The fourth-order valence-corrected chi connectivity index (χ4v) is 2.83. The molecule has 1 aliphatic carbocycles.